The van der Waals surface area contributed by atoms with Gasteiger partial charge in [-0.05, 0) is 39.3 Å². The minimum Gasteiger partial charge on any atom is -0.294 e. The second-order valence-electron chi connectivity index (χ2n) is 4.36. The van der Waals surface area contributed by atoms with Gasteiger partial charge in [-0.2, -0.15) is 0 Å². The van der Waals surface area contributed by atoms with Crippen LogP contribution in [-0.2, 0) is 11.2 Å². The fourth-order valence-electron chi connectivity index (χ4n) is 1.75. The van der Waals surface area contributed by atoms with Crippen LogP contribution in [0.15, 0.2) is 29.8 Å². The highest BCUT2D eigenvalue weighted by molar-refractivity contribution is 5.91. The largest absolute Gasteiger partial charge is 0.294 e. The van der Waals surface area contributed by atoms with Crippen LogP contribution in [-0.4, -0.2) is 5.78 Å². The Morgan fingerprint density at radius 1 is 1.13 bits per heavy atom. The predicted molar refractivity (Wildman–Crippen MR) is 64.1 cm³/mol. The summed E-state index contributed by atoms with van der Waals surface area (Å²) in [5, 5.41) is 0. The number of allylic oxidation sites excluding steroid dienone is 2. The standard InChI is InChI=1S/C14H18O/c1-10(2)5-14(15)9-13-7-11(3)6-12(4)8-13/h5-8H,9H2,1-4H3. The molecule has 0 atom stereocenters. The Morgan fingerprint density at radius 2 is 1.67 bits per heavy atom. The fraction of sp³-hybridized carbons (Fsp3) is 0.357. The van der Waals surface area contributed by atoms with Crippen molar-refractivity contribution in [1.82, 2.24) is 0 Å². The topological polar surface area (TPSA) is 17.1 Å². The van der Waals surface area contributed by atoms with Gasteiger partial charge in [-0.1, -0.05) is 34.9 Å². The molecule has 0 saturated carbocycles. The van der Waals surface area contributed by atoms with Crippen LogP contribution in [0.1, 0.15) is 30.5 Å². The van der Waals surface area contributed by atoms with Gasteiger partial charge in [0.05, 0.1) is 0 Å². The van der Waals surface area contributed by atoms with E-state index in [1.807, 2.05) is 13.8 Å². The molecule has 0 saturated heterocycles. The number of hydrogen-bond donors (Lipinski definition) is 0. The summed E-state index contributed by atoms with van der Waals surface area (Å²) in [6.07, 6.45) is 2.21. The molecule has 0 unspecified atom stereocenters. The number of aryl methyl sites for hydroxylation is 2. The molecule has 0 amide bonds. The van der Waals surface area contributed by atoms with Crippen molar-refractivity contribution in [2.75, 3.05) is 0 Å². The van der Waals surface area contributed by atoms with E-state index in [1.54, 1.807) is 6.08 Å². The maximum Gasteiger partial charge on any atom is 0.159 e. The van der Waals surface area contributed by atoms with E-state index in [9.17, 15) is 4.79 Å². The van der Waals surface area contributed by atoms with Crippen molar-refractivity contribution < 1.29 is 4.79 Å². The first-order valence-corrected chi connectivity index (χ1v) is 5.22. The zero-order valence-corrected chi connectivity index (χ0v) is 9.92. The molecule has 15 heavy (non-hydrogen) atoms. The second-order valence-corrected chi connectivity index (χ2v) is 4.36. The van der Waals surface area contributed by atoms with Gasteiger partial charge in [0.1, 0.15) is 0 Å². The molecule has 0 bridgehead atoms. The average Bonchev–Trinajstić information content (AvgIpc) is 1.98. The monoisotopic (exact) mass is 202 g/mol. The molecule has 1 aromatic carbocycles. The van der Waals surface area contributed by atoms with E-state index >= 15 is 0 Å². The van der Waals surface area contributed by atoms with Gasteiger partial charge in [0.2, 0.25) is 0 Å². The molecule has 0 radical (unpaired) electrons. The third-order valence-electron chi connectivity index (χ3n) is 2.11. The Labute approximate surface area is 91.8 Å². The van der Waals surface area contributed by atoms with E-state index in [2.05, 4.69) is 32.0 Å². The van der Waals surface area contributed by atoms with Gasteiger partial charge in [0.15, 0.2) is 5.78 Å². The van der Waals surface area contributed by atoms with Crippen molar-refractivity contribution in [1.29, 1.82) is 0 Å². The van der Waals surface area contributed by atoms with Crippen LogP contribution in [0.2, 0.25) is 0 Å². The SMILES string of the molecule is CC(C)=CC(=O)Cc1cc(C)cc(C)c1. The first-order chi connectivity index (χ1) is 6.97. The van der Waals surface area contributed by atoms with Crippen LogP contribution >= 0.6 is 0 Å². The van der Waals surface area contributed by atoms with Crippen LogP contribution < -0.4 is 0 Å². The molecule has 0 aliphatic heterocycles. The van der Waals surface area contributed by atoms with Gasteiger partial charge in [-0.25, -0.2) is 0 Å². The summed E-state index contributed by atoms with van der Waals surface area (Å²) < 4.78 is 0. The quantitative estimate of drug-likeness (QED) is 0.687. The number of carbonyl (C=O) groups excluding carboxylic acids is 1. The molecule has 0 aliphatic carbocycles. The van der Waals surface area contributed by atoms with Crippen molar-refractivity contribution in [2.45, 2.75) is 34.1 Å². The average molecular weight is 202 g/mol. The summed E-state index contributed by atoms with van der Waals surface area (Å²) in [6.45, 7) is 8.00. The van der Waals surface area contributed by atoms with Crippen LogP contribution in [0.3, 0.4) is 0 Å². The molecule has 0 N–H and O–H groups in total. The first kappa shape index (κ1) is 11.7. The molecule has 0 aromatic heterocycles. The highest BCUT2D eigenvalue weighted by atomic mass is 16.1. The van der Waals surface area contributed by atoms with Gasteiger partial charge < -0.3 is 0 Å². The molecule has 0 spiro atoms. The van der Waals surface area contributed by atoms with E-state index in [-0.39, 0.29) is 5.78 Å². The molecule has 0 aliphatic rings. The summed E-state index contributed by atoms with van der Waals surface area (Å²) in [4.78, 5) is 11.6. The Hall–Kier alpha value is -1.37. The summed E-state index contributed by atoms with van der Waals surface area (Å²) >= 11 is 0. The molecule has 1 rings (SSSR count). The number of benzene rings is 1. The lowest BCUT2D eigenvalue weighted by molar-refractivity contribution is -0.114. The lowest BCUT2D eigenvalue weighted by Crippen LogP contribution is -2.00. The van der Waals surface area contributed by atoms with Gasteiger partial charge in [-0.3, -0.25) is 4.79 Å². The van der Waals surface area contributed by atoms with Crippen LogP contribution in [0.25, 0.3) is 0 Å². The number of carbonyl (C=O) groups is 1. The maximum atomic E-state index is 11.6. The van der Waals surface area contributed by atoms with Crippen molar-refractivity contribution in [3.63, 3.8) is 0 Å². The highest BCUT2D eigenvalue weighted by Gasteiger charge is 2.01. The van der Waals surface area contributed by atoms with Crippen LogP contribution in [0, 0.1) is 13.8 Å². The smallest absolute Gasteiger partial charge is 0.159 e. The number of ketones is 1. The summed E-state index contributed by atoms with van der Waals surface area (Å²) in [5.74, 6) is 0.181. The van der Waals surface area contributed by atoms with Crippen molar-refractivity contribution in [2.24, 2.45) is 0 Å². The van der Waals surface area contributed by atoms with E-state index < -0.39 is 0 Å². The van der Waals surface area contributed by atoms with E-state index in [4.69, 9.17) is 0 Å². The Kier molecular flexibility index (Phi) is 3.84. The predicted octanol–water partition coefficient (Wildman–Crippen LogP) is 3.38. The van der Waals surface area contributed by atoms with Gasteiger partial charge >= 0.3 is 0 Å². The van der Waals surface area contributed by atoms with E-state index in [1.165, 1.54) is 11.1 Å². The Bertz CT molecular complexity index is 376. The summed E-state index contributed by atoms with van der Waals surface area (Å²) in [6, 6.07) is 6.27. The molecular formula is C14H18O. The molecule has 1 heteroatoms. The number of rotatable bonds is 3. The van der Waals surface area contributed by atoms with Crippen molar-refractivity contribution >= 4 is 5.78 Å². The van der Waals surface area contributed by atoms with Crippen LogP contribution in [0.5, 0.6) is 0 Å². The molecule has 0 heterocycles. The lowest BCUT2D eigenvalue weighted by Gasteiger charge is -2.02. The zero-order valence-electron chi connectivity index (χ0n) is 9.92. The Morgan fingerprint density at radius 3 is 2.13 bits per heavy atom. The maximum absolute atomic E-state index is 11.6. The van der Waals surface area contributed by atoms with Gasteiger partial charge in [-0.15, -0.1) is 0 Å². The van der Waals surface area contributed by atoms with Crippen molar-refractivity contribution in [3.8, 4) is 0 Å². The molecule has 0 fully saturated rings. The minimum absolute atomic E-state index is 0.181. The molecule has 1 nitrogen and oxygen atoms in total. The highest BCUT2D eigenvalue weighted by Crippen LogP contribution is 2.10. The summed E-state index contributed by atoms with van der Waals surface area (Å²) in [7, 11) is 0. The first-order valence-electron chi connectivity index (χ1n) is 5.22. The van der Waals surface area contributed by atoms with Gasteiger partial charge in [0, 0.05) is 6.42 Å². The third kappa shape index (κ3) is 4.11. The number of hydrogen-bond acceptors (Lipinski definition) is 1. The molecule has 1 aromatic rings. The zero-order chi connectivity index (χ0) is 11.4. The normalized spacial score (nSPS) is 9.87. The van der Waals surface area contributed by atoms with Crippen molar-refractivity contribution in [3.05, 3.63) is 46.5 Å². The lowest BCUT2D eigenvalue weighted by atomic mass is 10.0. The molecule has 80 valence electrons. The minimum atomic E-state index is 0.181. The third-order valence-corrected chi connectivity index (χ3v) is 2.11. The Balaban J connectivity index is 2.81. The van der Waals surface area contributed by atoms with E-state index in [0.29, 0.717) is 6.42 Å². The second kappa shape index (κ2) is 4.92. The van der Waals surface area contributed by atoms with Crippen LogP contribution in [0.4, 0.5) is 0 Å². The summed E-state index contributed by atoms with van der Waals surface area (Å²) in [5.41, 5.74) is 4.60. The molecular weight excluding hydrogens is 184 g/mol. The fourth-order valence-corrected chi connectivity index (χ4v) is 1.75. The van der Waals surface area contributed by atoms with Gasteiger partial charge in [0.25, 0.3) is 0 Å². The van der Waals surface area contributed by atoms with E-state index in [0.717, 1.165) is 11.1 Å².